The molecule has 0 radical (unpaired) electrons. The summed E-state index contributed by atoms with van der Waals surface area (Å²) in [5, 5.41) is 17.3. The predicted octanol–water partition coefficient (Wildman–Crippen LogP) is 0.501. The van der Waals surface area contributed by atoms with Crippen LogP contribution in [0.5, 0.6) is 0 Å². The number of furan rings is 1. The van der Waals surface area contributed by atoms with Crippen molar-refractivity contribution in [3.63, 3.8) is 0 Å². The fraction of sp³-hybridized carbons (Fsp3) is 0.500. The summed E-state index contributed by atoms with van der Waals surface area (Å²) in [5.41, 5.74) is -0.609. The van der Waals surface area contributed by atoms with Crippen LogP contribution in [-0.2, 0) is 10.0 Å². The molecule has 0 aliphatic rings. The Balaban J connectivity index is 3.20. The molecular formula is C10H13F2NO6S. The minimum absolute atomic E-state index is 0.149. The predicted molar refractivity (Wildman–Crippen MR) is 62.4 cm³/mol. The number of aliphatic hydroxyl groups excluding tert-OH is 1. The standard InChI is InChI=1S/C10H13F2NO6S/c1-5-7(9(15)16)8(6(2)19-5)20(17,18)13-3-10(11,12)4-14/h13-14H,3-4H2,1-2H3,(H,15,16). The van der Waals surface area contributed by atoms with Crippen molar-refractivity contribution >= 4 is 16.0 Å². The van der Waals surface area contributed by atoms with Crippen molar-refractivity contribution in [1.82, 2.24) is 4.72 Å². The molecule has 1 heterocycles. The van der Waals surface area contributed by atoms with E-state index in [0.29, 0.717) is 0 Å². The fourth-order valence-corrected chi connectivity index (χ4v) is 3.03. The lowest BCUT2D eigenvalue weighted by atomic mass is 10.2. The van der Waals surface area contributed by atoms with Gasteiger partial charge in [-0.05, 0) is 13.8 Å². The van der Waals surface area contributed by atoms with E-state index in [1.165, 1.54) is 13.8 Å². The van der Waals surface area contributed by atoms with E-state index >= 15 is 0 Å². The summed E-state index contributed by atoms with van der Waals surface area (Å²) in [6, 6.07) is 0. The van der Waals surface area contributed by atoms with Gasteiger partial charge in [0.1, 0.15) is 28.6 Å². The van der Waals surface area contributed by atoms with Gasteiger partial charge in [0.05, 0.1) is 6.54 Å². The van der Waals surface area contributed by atoms with Crippen LogP contribution in [0.25, 0.3) is 0 Å². The first kappa shape index (κ1) is 16.5. The van der Waals surface area contributed by atoms with Gasteiger partial charge >= 0.3 is 5.97 Å². The van der Waals surface area contributed by atoms with Gasteiger partial charge < -0.3 is 14.6 Å². The van der Waals surface area contributed by atoms with Gasteiger partial charge in [0.2, 0.25) is 10.0 Å². The topological polar surface area (TPSA) is 117 Å². The molecule has 1 aromatic rings. The van der Waals surface area contributed by atoms with E-state index in [4.69, 9.17) is 14.6 Å². The molecule has 0 saturated carbocycles. The molecule has 1 aromatic heterocycles. The number of alkyl halides is 2. The molecule has 0 aromatic carbocycles. The molecular weight excluding hydrogens is 300 g/mol. The van der Waals surface area contributed by atoms with Crippen molar-refractivity contribution in [3.8, 4) is 0 Å². The molecule has 0 saturated heterocycles. The fourth-order valence-electron chi connectivity index (χ4n) is 1.56. The Morgan fingerprint density at radius 3 is 2.35 bits per heavy atom. The van der Waals surface area contributed by atoms with Gasteiger partial charge in [-0.1, -0.05) is 0 Å². The molecule has 0 unspecified atom stereocenters. The number of rotatable bonds is 6. The summed E-state index contributed by atoms with van der Waals surface area (Å²) in [6.45, 7) is -0.435. The molecule has 114 valence electrons. The maximum atomic E-state index is 12.8. The van der Waals surface area contributed by atoms with Crippen molar-refractivity contribution in [2.75, 3.05) is 13.2 Å². The number of sulfonamides is 1. The highest BCUT2D eigenvalue weighted by atomic mass is 32.2. The average Bonchev–Trinajstić information content (AvgIpc) is 2.63. The van der Waals surface area contributed by atoms with E-state index in [2.05, 4.69) is 0 Å². The van der Waals surface area contributed by atoms with E-state index in [9.17, 15) is 22.0 Å². The number of carbonyl (C=O) groups is 1. The van der Waals surface area contributed by atoms with Crippen LogP contribution in [0.1, 0.15) is 21.9 Å². The maximum Gasteiger partial charge on any atom is 0.340 e. The van der Waals surface area contributed by atoms with E-state index in [1.54, 1.807) is 4.72 Å². The molecule has 0 spiro atoms. The molecule has 20 heavy (non-hydrogen) atoms. The third-order valence-electron chi connectivity index (χ3n) is 2.44. The Bertz CT molecular complexity index is 622. The number of hydrogen-bond acceptors (Lipinski definition) is 5. The Morgan fingerprint density at radius 1 is 1.35 bits per heavy atom. The Labute approximate surface area is 113 Å². The normalized spacial score (nSPS) is 12.7. The molecule has 0 atom stereocenters. The van der Waals surface area contributed by atoms with Crippen molar-refractivity contribution in [2.45, 2.75) is 24.7 Å². The Hall–Kier alpha value is -1.52. The van der Waals surface area contributed by atoms with Crippen molar-refractivity contribution < 1.29 is 36.6 Å². The van der Waals surface area contributed by atoms with Crippen LogP contribution in [0, 0.1) is 13.8 Å². The SMILES string of the molecule is Cc1oc(C)c(S(=O)(=O)NCC(F)(F)CO)c1C(=O)O. The molecule has 0 amide bonds. The van der Waals surface area contributed by atoms with Gasteiger partial charge in [0, 0.05) is 0 Å². The highest BCUT2D eigenvalue weighted by Crippen LogP contribution is 2.26. The number of nitrogens with one attached hydrogen (secondary N) is 1. The number of hydrogen-bond donors (Lipinski definition) is 3. The van der Waals surface area contributed by atoms with Crippen molar-refractivity contribution in [2.24, 2.45) is 0 Å². The smallest absolute Gasteiger partial charge is 0.340 e. The number of aromatic carboxylic acids is 1. The van der Waals surface area contributed by atoms with E-state index in [0.717, 1.165) is 0 Å². The minimum atomic E-state index is -4.50. The summed E-state index contributed by atoms with van der Waals surface area (Å²) in [4.78, 5) is 10.3. The van der Waals surface area contributed by atoms with E-state index in [-0.39, 0.29) is 11.5 Å². The third kappa shape index (κ3) is 3.32. The molecule has 1 rings (SSSR count). The lowest BCUT2D eigenvalue weighted by Gasteiger charge is -2.14. The molecule has 0 aliphatic carbocycles. The van der Waals surface area contributed by atoms with Crippen molar-refractivity contribution in [3.05, 3.63) is 17.1 Å². The zero-order chi connectivity index (χ0) is 15.7. The van der Waals surface area contributed by atoms with Gasteiger partial charge in [0.25, 0.3) is 5.92 Å². The summed E-state index contributed by atoms with van der Waals surface area (Å²) in [7, 11) is -4.50. The lowest BCUT2D eigenvalue weighted by Crippen LogP contribution is -2.39. The maximum absolute atomic E-state index is 12.8. The second-order valence-corrected chi connectivity index (χ2v) is 5.77. The highest BCUT2D eigenvalue weighted by molar-refractivity contribution is 7.89. The second-order valence-electron chi connectivity index (χ2n) is 4.06. The lowest BCUT2D eigenvalue weighted by molar-refractivity contribution is -0.0437. The average molecular weight is 313 g/mol. The highest BCUT2D eigenvalue weighted by Gasteiger charge is 2.34. The van der Waals surface area contributed by atoms with Crippen LogP contribution < -0.4 is 4.72 Å². The Morgan fingerprint density at radius 2 is 1.90 bits per heavy atom. The number of carboxylic acid groups (broad SMARTS) is 1. The minimum Gasteiger partial charge on any atom is -0.478 e. The van der Waals surface area contributed by atoms with Crippen LogP contribution >= 0.6 is 0 Å². The van der Waals surface area contributed by atoms with Crippen LogP contribution in [0.2, 0.25) is 0 Å². The van der Waals surface area contributed by atoms with E-state index in [1.807, 2.05) is 0 Å². The molecule has 0 bridgehead atoms. The monoisotopic (exact) mass is 313 g/mol. The first-order valence-electron chi connectivity index (χ1n) is 5.33. The summed E-state index contributed by atoms with van der Waals surface area (Å²) in [5.74, 6) is -5.57. The van der Waals surface area contributed by atoms with Gasteiger partial charge in [-0.3, -0.25) is 0 Å². The zero-order valence-corrected chi connectivity index (χ0v) is 11.4. The number of carboxylic acids is 1. The second kappa shape index (κ2) is 5.46. The zero-order valence-electron chi connectivity index (χ0n) is 10.6. The quantitative estimate of drug-likeness (QED) is 0.704. The molecule has 7 nitrogen and oxygen atoms in total. The van der Waals surface area contributed by atoms with Gasteiger partial charge in [0.15, 0.2) is 0 Å². The number of halogens is 2. The molecule has 0 fully saturated rings. The van der Waals surface area contributed by atoms with Gasteiger partial charge in [-0.2, -0.15) is 0 Å². The summed E-state index contributed by atoms with van der Waals surface area (Å²) in [6.07, 6.45) is 0. The van der Waals surface area contributed by atoms with E-state index < -0.39 is 45.5 Å². The molecule has 10 heteroatoms. The van der Waals surface area contributed by atoms with Crippen molar-refractivity contribution in [1.29, 1.82) is 0 Å². The van der Waals surface area contributed by atoms with Gasteiger partial charge in [-0.15, -0.1) is 0 Å². The Kier molecular flexibility index (Phi) is 4.52. The van der Waals surface area contributed by atoms with Crippen LogP contribution in [0.3, 0.4) is 0 Å². The first-order chi connectivity index (χ1) is 9.02. The van der Waals surface area contributed by atoms with Crippen LogP contribution in [0.15, 0.2) is 9.31 Å². The van der Waals surface area contributed by atoms with Crippen LogP contribution in [-0.4, -0.2) is 43.7 Å². The van der Waals surface area contributed by atoms with Gasteiger partial charge in [-0.25, -0.2) is 26.7 Å². The third-order valence-corrected chi connectivity index (χ3v) is 3.99. The number of aryl methyl sites for hydroxylation is 2. The number of aliphatic hydroxyl groups is 1. The molecule has 0 aliphatic heterocycles. The summed E-state index contributed by atoms with van der Waals surface area (Å²) < 4.78 is 56.0. The molecule has 3 N–H and O–H groups in total. The summed E-state index contributed by atoms with van der Waals surface area (Å²) >= 11 is 0. The van der Waals surface area contributed by atoms with Crippen LogP contribution in [0.4, 0.5) is 8.78 Å². The first-order valence-corrected chi connectivity index (χ1v) is 6.82. The largest absolute Gasteiger partial charge is 0.478 e.